The summed E-state index contributed by atoms with van der Waals surface area (Å²) in [6.07, 6.45) is 0.913. The van der Waals surface area contributed by atoms with Crippen LogP contribution in [0.4, 0.5) is 19.0 Å². The Labute approximate surface area is 203 Å². The number of hydrogen-bond donors (Lipinski definition) is 2. The zero-order valence-electron chi connectivity index (χ0n) is 18.9. The molecule has 0 saturated carbocycles. The van der Waals surface area contributed by atoms with Crippen molar-refractivity contribution in [2.45, 2.75) is 13.1 Å². The number of nitrogens with one attached hydrogen (secondary N) is 1. The van der Waals surface area contributed by atoms with E-state index in [1.807, 2.05) is 0 Å². The van der Waals surface area contributed by atoms with Crippen molar-refractivity contribution in [3.63, 3.8) is 0 Å². The van der Waals surface area contributed by atoms with E-state index in [-0.39, 0.29) is 39.6 Å². The normalized spacial score (nSPS) is 10.9. The van der Waals surface area contributed by atoms with E-state index < -0.39 is 23.8 Å². The van der Waals surface area contributed by atoms with Gasteiger partial charge in [0.05, 0.1) is 18.5 Å². The largest absolute Gasteiger partial charge is 0.496 e. The monoisotopic (exact) mass is 495 g/mol. The molecule has 0 radical (unpaired) electrons. The summed E-state index contributed by atoms with van der Waals surface area (Å²) in [6, 6.07) is 14.5. The van der Waals surface area contributed by atoms with Crippen LogP contribution in [0.1, 0.15) is 22.6 Å². The summed E-state index contributed by atoms with van der Waals surface area (Å²) in [5.41, 5.74) is 6.17. The zero-order valence-corrected chi connectivity index (χ0v) is 18.9. The number of methoxy groups -OCH3 is 1. The van der Waals surface area contributed by atoms with E-state index in [1.165, 1.54) is 37.4 Å². The number of nitrogen functional groups attached to an aromatic ring is 1. The van der Waals surface area contributed by atoms with Gasteiger partial charge in [-0.2, -0.15) is 8.78 Å². The Bertz CT molecular complexity index is 1470. The maximum Gasteiger partial charge on any atom is 0.321 e. The van der Waals surface area contributed by atoms with Crippen molar-refractivity contribution in [3.05, 3.63) is 94.3 Å². The zero-order chi connectivity index (χ0) is 25.8. The molecule has 0 atom stereocenters. The predicted molar refractivity (Wildman–Crippen MR) is 127 cm³/mol. The van der Waals surface area contributed by atoms with Crippen LogP contribution < -0.4 is 21.3 Å². The van der Waals surface area contributed by atoms with Crippen LogP contribution in [0.2, 0.25) is 0 Å². The summed E-state index contributed by atoms with van der Waals surface area (Å²) in [7, 11) is 1.50. The number of nitrogens with two attached hydrogens (primary N) is 1. The second kappa shape index (κ2) is 10.3. The van der Waals surface area contributed by atoms with E-state index in [2.05, 4.69) is 15.3 Å². The molecule has 0 saturated heterocycles. The van der Waals surface area contributed by atoms with E-state index in [4.69, 9.17) is 10.5 Å². The standard InChI is InChI=1S/C25H20F3N5O3/c1-36-18-5-3-2-4-15(18)12-30-24(35)22-23(29)32-20(14-6-9-17(26)10-7-14)21(31-22)16-8-11-19(34)33(13-16)25(27)28/h2-11,13,25H,12H2,1H3,(H2,29,32)(H,30,35). The van der Waals surface area contributed by atoms with Gasteiger partial charge in [0, 0.05) is 35.5 Å². The van der Waals surface area contributed by atoms with E-state index in [1.54, 1.807) is 24.3 Å². The predicted octanol–water partition coefficient (Wildman–Crippen LogP) is 4.03. The number of hydrogen-bond acceptors (Lipinski definition) is 6. The number of rotatable bonds is 7. The van der Waals surface area contributed by atoms with Crippen molar-refractivity contribution in [1.29, 1.82) is 0 Å². The molecule has 0 aliphatic rings. The number of nitrogens with zero attached hydrogens (tertiary/aromatic N) is 3. The molecule has 0 unspecified atom stereocenters. The highest BCUT2D eigenvalue weighted by atomic mass is 19.3. The molecule has 0 fully saturated rings. The van der Waals surface area contributed by atoms with Gasteiger partial charge in [-0.1, -0.05) is 18.2 Å². The van der Waals surface area contributed by atoms with Crippen LogP contribution in [0.3, 0.4) is 0 Å². The van der Waals surface area contributed by atoms with E-state index in [0.717, 1.165) is 12.3 Å². The second-order valence-electron chi connectivity index (χ2n) is 7.60. The van der Waals surface area contributed by atoms with Crippen molar-refractivity contribution in [1.82, 2.24) is 19.9 Å². The second-order valence-corrected chi connectivity index (χ2v) is 7.60. The van der Waals surface area contributed by atoms with Gasteiger partial charge in [0.15, 0.2) is 11.5 Å². The highest BCUT2D eigenvalue weighted by Gasteiger charge is 2.21. The number of aromatic nitrogens is 3. The van der Waals surface area contributed by atoms with Crippen molar-refractivity contribution < 1.29 is 22.7 Å². The SMILES string of the molecule is COc1ccccc1CNC(=O)c1nc(-c2ccc(=O)n(C(F)F)c2)c(-c2ccc(F)cc2)nc1N. The summed E-state index contributed by atoms with van der Waals surface area (Å²) in [5, 5.41) is 2.69. The number of anilines is 1. The van der Waals surface area contributed by atoms with Crippen LogP contribution in [-0.4, -0.2) is 27.6 Å². The molecule has 2 aromatic carbocycles. The van der Waals surface area contributed by atoms with Gasteiger partial charge in [0.1, 0.15) is 11.6 Å². The molecular formula is C25H20F3N5O3. The molecular weight excluding hydrogens is 475 g/mol. The van der Waals surface area contributed by atoms with Gasteiger partial charge in [-0.05, 0) is 36.4 Å². The lowest BCUT2D eigenvalue weighted by atomic mass is 10.0. The molecule has 0 aliphatic carbocycles. The van der Waals surface area contributed by atoms with Crippen LogP contribution in [0.5, 0.6) is 5.75 Å². The summed E-state index contributed by atoms with van der Waals surface area (Å²) < 4.78 is 45.8. The number of carbonyl (C=O) groups excluding carboxylic acids is 1. The fourth-order valence-corrected chi connectivity index (χ4v) is 3.53. The van der Waals surface area contributed by atoms with Crippen molar-refractivity contribution >= 4 is 11.7 Å². The first-order valence-corrected chi connectivity index (χ1v) is 10.6. The number of benzene rings is 2. The van der Waals surface area contributed by atoms with E-state index in [0.29, 0.717) is 16.9 Å². The average molecular weight is 495 g/mol. The Balaban J connectivity index is 1.79. The Morgan fingerprint density at radius 1 is 1.03 bits per heavy atom. The van der Waals surface area contributed by atoms with Gasteiger partial charge in [-0.25, -0.2) is 14.4 Å². The summed E-state index contributed by atoms with van der Waals surface area (Å²) in [5.74, 6) is -0.823. The number of pyridine rings is 1. The minimum Gasteiger partial charge on any atom is -0.496 e. The Morgan fingerprint density at radius 2 is 1.69 bits per heavy atom. The molecule has 2 aromatic heterocycles. The van der Waals surface area contributed by atoms with Crippen LogP contribution >= 0.6 is 0 Å². The summed E-state index contributed by atoms with van der Waals surface area (Å²) in [6.45, 7) is -3.01. The third kappa shape index (κ3) is 5.04. The molecule has 4 rings (SSSR count). The molecule has 0 spiro atoms. The molecule has 0 bridgehead atoms. The molecule has 4 aromatic rings. The smallest absolute Gasteiger partial charge is 0.321 e. The highest BCUT2D eigenvalue weighted by Crippen LogP contribution is 2.31. The number of halogens is 3. The topological polar surface area (TPSA) is 112 Å². The van der Waals surface area contributed by atoms with E-state index in [9.17, 15) is 22.8 Å². The van der Waals surface area contributed by atoms with Gasteiger partial charge in [-0.15, -0.1) is 0 Å². The Hall–Kier alpha value is -4.67. The van der Waals surface area contributed by atoms with Gasteiger partial charge in [-0.3, -0.25) is 14.2 Å². The van der Waals surface area contributed by atoms with Crippen molar-refractivity contribution in [2.24, 2.45) is 0 Å². The van der Waals surface area contributed by atoms with Crippen LogP contribution in [0.25, 0.3) is 22.5 Å². The number of carbonyl (C=O) groups is 1. The first kappa shape index (κ1) is 24.5. The lowest BCUT2D eigenvalue weighted by Gasteiger charge is -2.15. The molecule has 3 N–H and O–H groups in total. The molecule has 11 heteroatoms. The van der Waals surface area contributed by atoms with Gasteiger partial charge in [0.25, 0.3) is 11.5 Å². The van der Waals surface area contributed by atoms with Gasteiger partial charge >= 0.3 is 6.55 Å². The maximum atomic E-state index is 13.5. The molecule has 8 nitrogen and oxygen atoms in total. The Kier molecular flexibility index (Phi) is 7.00. The number of alkyl halides is 2. The van der Waals surface area contributed by atoms with Crippen LogP contribution in [0.15, 0.2) is 71.7 Å². The minimum absolute atomic E-state index is 0.00708. The van der Waals surface area contributed by atoms with Crippen LogP contribution in [0, 0.1) is 5.82 Å². The number of amides is 1. The number of para-hydroxylation sites is 1. The molecule has 184 valence electrons. The third-order valence-corrected chi connectivity index (χ3v) is 5.31. The van der Waals surface area contributed by atoms with Crippen molar-refractivity contribution in [2.75, 3.05) is 12.8 Å². The van der Waals surface area contributed by atoms with E-state index >= 15 is 0 Å². The van der Waals surface area contributed by atoms with Crippen LogP contribution in [-0.2, 0) is 6.54 Å². The summed E-state index contributed by atoms with van der Waals surface area (Å²) in [4.78, 5) is 33.5. The van der Waals surface area contributed by atoms with Gasteiger partial charge < -0.3 is 15.8 Å². The minimum atomic E-state index is -3.10. The Morgan fingerprint density at radius 3 is 2.39 bits per heavy atom. The maximum absolute atomic E-state index is 13.5. The van der Waals surface area contributed by atoms with Gasteiger partial charge in [0.2, 0.25) is 0 Å². The molecule has 1 amide bonds. The fraction of sp³-hybridized carbons (Fsp3) is 0.120. The third-order valence-electron chi connectivity index (χ3n) is 5.31. The first-order chi connectivity index (χ1) is 17.3. The molecule has 2 heterocycles. The lowest BCUT2D eigenvalue weighted by Crippen LogP contribution is -2.26. The van der Waals surface area contributed by atoms with Crippen molar-refractivity contribution in [3.8, 4) is 28.3 Å². The lowest BCUT2D eigenvalue weighted by molar-refractivity contribution is 0.0665. The first-order valence-electron chi connectivity index (χ1n) is 10.6. The fourth-order valence-electron chi connectivity index (χ4n) is 3.53. The number of ether oxygens (including phenoxy) is 1. The summed E-state index contributed by atoms with van der Waals surface area (Å²) >= 11 is 0. The molecule has 36 heavy (non-hydrogen) atoms. The average Bonchev–Trinajstić information content (AvgIpc) is 2.88. The molecule has 0 aliphatic heterocycles. The quantitative estimate of drug-likeness (QED) is 0.401. The highest BCUT2D eigenvalue weighted by molar-refractivity contribution is 5.98.